The van der Waals surface area contributed by atoms with Crippen LogP contribution >= 0.6 is 15.9 Å². The number of nitrogens with zero attached hydrogens (tertiary/aromatic N) is 1. The Hall–Kier alpha value is -1.93. The molecule has 0 radical (unpaired) electrons. The van der Waals surface area contributed by atoms with Crippen LogP contribution in [0.4, 0.5) is 0 Å². The maximum Gasteiger partial charge on any atom is 0.221 e. The number of aliphatic hydroxyl groups is 2. The summed E-state index contributed by atoms with van der Waals surface area (Å²) < 4.78 is 6.71. The molecular formula is C22H27BrN2O4. The van der Waals surface area contributed by atoms with Crippen molar-refractivity contribution in [1.29, 1.82) is 0 Å². The minimum atomic E-state index is -0.827. The van der Waals surface area contributed by atoms with Crippen LogP contribution in [0.1, 0.15) is 24.0 Å². The molecule has 0 bridgehead atoms. The van der Waals surface area contributed by atoms with Crippen molar-refractivity contribution in [2.75, 3.05) is 26.2 Å². The molecule has 1 fully saturated rings. The number of halogens is 1. The topological polar surface area (TPSA) is 96.0 Å². The SMILES string of the molecule is NC(=O)Cc1ccccc1OCC(O)CN1CCC(O)(c2ccc(Br)cc2)CC1. The molecule has 0 aliphatic carbocycles. The number of carbonyl (C=O) groups is 1. The molecule has 3 rings (SSSR count). The Balaban J connectivity index is 1.48. The first kappa shape index (κ1) is 21.8. The number of primary amides is 1. The predicted octanol–water partition coefficient (Wildman–Crippen LogP) is 2.20. The van der Waals surface area contributed by atoms with E-state index in [2.05, 4.69) is 20.8 Å². The van der Waals surface area contributed by atoms with E-state index in [1.807, 2.05) is 36.4 Å². The fraction of sp³-hybridized carbons (Fsp3) is 0.409. The lowest BCUT2D eigenvalue weighted by Gasteiger charge is -2.39. The summed E-state index contributed by atoms with van der Waals surface area (Å²) in [5.74, 6) is 0.141. The number of para-hydroxylation sites is 1. The molecule has 0 saturated carbocycles. The number of likely N-dealkylation sites (tertiary alicyclic amines) is 1. The molecule has 1 heterocycles. The lowest BCUT2D eigenvalue weighted by molar-refractivity contribution is -0.117. The van der Waals surface area contributed by atoms with Crippen LogP contribution in [0, 0.1) is 0 Å². The molecule has 4 N–H and O–H groups in total. The van der Waals surface area contributed by atoms with Gasteiger partial charge in [0.25, 0.3) is 0 Å². The Labute approximate surface area is 179 Å². The molecule has 2 aromatic rings. The molecule has 29 heavy (non-hydrogen) atoms. The quantitative estimate of drug-likeness (QED) is 0.558. The third-order valence-corrected chi connectivity index (χ3v) is 5.83. The fourth-order valence-corrected chi connectivity index (χ4v) is 3.93. The van der Waals surface area contributed by atoms with Gasteiger partial charge < -0.3 is 25.6 Å². The first-order chi connectivity index (χ1) is 13.9. The molecule has 1 aliphatic rings. The van der Waals surface area contributed by atoms with Crippen LogP contribution in [0.15, 0.2) is 53.0 Å². The van der Waals surface area contributed by atoms with E-state index in [-0.39, 0.29) is 13.0 Å². The first-order valence-electron chi connectivity index (χ1n) is 9.73. The number of hydrogen-bond acceptors (Lipinski definition) is 5. The zero-order chi connectivity index (χ0) is 20.9. The van der Waals surface area contributed by atoms with E-state index in [0.29, 0.717) is 43.8 Å². The number of β-amino-alcohol motifs (C(OH)–C–C–N with tert-alkyl or cyclic N) is 1. The fourth-order valence-electron chi connectivity index (χ4n) is 3.67. The minimum absolute atomic E-state index is 0.104. The van der Waals surface area contributed by atoms with E-state index in [9.17, 15) is 15.0 Å². The highest BCUT2D eigenvalue weighted by Gasteiger charge is 2.34. The molecule has 156 valence electrons. The van der Waals surface area contributed by atoms with Crippen molar-refractivity contribution in [3.63, 3.8) is 0 Å². The Kier molecular flexibility index (Phi) is 7.29. The molecule has 1 saturated heterocycles. The maximum absolute atomic E-state index is 11.2. The van der Waals surface area contributed by atoms with Gasteiger partial charge in [0.15, 0.2) is 0 Å². The third-order valence-electron chi connectivity index (χ3n) is 5.30. The Morgan fingerprint density at radius 3 is 2.48 bits per heavy atom. The first-order valence-corrected chi connectivity index (χ1v) is 10.5. The van der Waals surface area contributed by atoms with E-state index >= 15 is 0 Å². The maximum atomic E-state index is 11.2. The minimum Gasteiger partial charge on any atom is -0.491 e. The number of benzene rings is 2. The van der Waals surface area contributed by atoms with Gasteiger partial charge in [-0.25, -0.2) is 0 Å². The van der Waals surface area contributed by atoms with Crippen LogP contribution in [-0.2, 0) is 16.8 Å². The number of piperidine rings is 1. The molecule has 1 amide bonds. The van der Waals surface area contributed by atoms with Crippen LogP contribution in [0.25, 0.3) is 0 Å². The Bertz CT molecular complexity index is 820. The van der Waals surface area contributed by atoms with Gasteiger partial charge in [-0.3, -0.25) is 4.79 Å². The molecule has 0 aromatic heterocycles. The number of ether oxygens (including phenoxy) is 1. The second-order valence-electron chi connectivity index (χ2n) is 7.55. The van der Waals surface area contributed by atoms with Gasteiger partial charge in [0.05, 0.1) is 12.0 Å². The molecule has 0 spiro atoms. The predicted molar refractivity (Wildman–Crippen MR) is 115 cm³/mol. The number of aliphatic hydroxyl groups excluding tert-OH is 1. The number of rotatable bonds is 8. The van der Waals surface area contributed by atoms with Crippen molar-refractivity contribution in [2.24, 2.45) is 5.73 Å². The number of carbonyl (C=O) groups excluding carboxylic acids is 1. The van der Waals surface area contributed by atoms with Crippen LogP contribution in [0.2, 0.25) is 0 Å². The van der Waals surface area contributed by atoms with E-state index in [4.69, 9.17) is 10.5 Å². The van der Waals surface area contributed by atoms with Gasteiger partial charge in [-0.05, 0) is 36.6 Å². The van der Waals surface area contributed by atoms with Crippen LogP contribution < -0.4 is 10.5 Å². The van der Waals surface area contributed by atoms with Crippen molar-refractivity contribution >= 4 is 21.8 Å². The van der Waals surface area contributed by atoms with Crippen LogP contribution in [0.5, 0.6) is 5.75 Å². The molecular weight excluding hydrogens is 436 g/mol. The van der Waals surface area contributed by atoms with E-state index in [1.165, 1.54) is 0 Å². The smallest absolute Gasteiger partial charge is 0.221 e. The van der Waals surface area contributed by atoms with Crippen LogP contribution in [0.3, 0.4) is 0 Å². The lowest BCUT2D eigenvalue weighted by atomic mass is 9.84. The molecule has 1 unspecified atom stereocenters. The highest BCUT2D eigenvalue weighted by molar-refractivity contribution is 9.10. The van der Waals surface area contributed by atoms with Crippen LogP contribution in [-0.4, -0.2) is 53.4 Å². The summed E-state index contributed by atoms with van der Waals surface area (Å²) in [7, 11) is 0. The second kappa shape index (κ2) is 9.71. The second-order valence-corrected chi connectivity index (χ2v) is 8.47. The van der Waals surface area contributed by atoms with Gasteiger partial charge in [-0.15, -0.1) is 0 Å². The Morgan fingerprint density at radius 1 is 1.17 bits per heavy atom. The molecule has 6 nitrogen and oxygen atoms in total. The Morgan fingerprint density at radius 2 is 1.83 bits per heavy atom. The summed E-state index contributed by atoms with van der Waals surface area (Å²) in [6.45, 7) is 1.99. The van der Waals surface area contributed by atoms with Crippen molar-refractivity contribution in [1.82, 2.24) is 4.90 Å². The number of hydrogen-bond donors (Lipinski definition) is 3. The number of amides is 1. The summed E-state index contributed by atoms with van der Waals surface area (Å²) in [4.78, 5) is 13.3. The van der Waals surface area contributed by atoms with Crippen molar-refractivity contribution < 1.29 is 19.7 Å². The van der Waals surface area contributed by atoms with Gasteiger partial charge in [-0.2, -0.15) is 0 Å². The van der Waals surface area contributed by atoms with Gasteiger partial charge in [0.1, 0.15) is 18.5 Å². The van der Waals surface area contributed by atoms with E-state index in [0.717, 1.165) is 10.0 Å². The molecule has 1 atom stereocenters. The summed E-state index contributed by atoms with van der Waals surface area (Å²) in [6.07, 6.45) is 0.663. The third kappa shape index (κ3) is 6.02. The average molecular weight is 463 g/mol. The van der Waals surface area contributed by atoms with Gasteiger partial charge >= 0.3 is 0 Å². The van der Waals surface area contributed by atoms with E-state index < -0.39 is 17.6 Å². The van der Waals surface area contributed by atoms with Gasteiger partial charge in [0.2, 0.25) is 5.91 Å². The largest absolute Gasteiger partial charge is 0.491 e. The monoisotopic (exact) mass is 462 g/mol. The number of nitrogens with two attached hydrogens (primary N) is 1. The lowest BCUT2D eigenvalue weighted by Crippen LogP contribution is -2.46. The van der Waals surface area contributed by atoms with Crippen molar-refractivity contribution in [3.05, 3.63) is 64.1 Å². The summed E-state index contributed by atoms with van der Waals surface area (Å²) in [5.41, 5.74) is 6.08. The van der Waals surface area contributed by atoms with Crippen molar-refractivity contribution in [2.45, 2.75) is 31.0 Å². The highest BCUT2D eigenvalue weighted by Crippen LogP contribution is 2.33. The van der Waals surface area contributed by atoms with Gasteiger partial charge in [0, 0.05) is 29.7 Å². The molecule has 2 aromatic carbocycles. The normalized spacial score (nSPS) is 17.6. The zero-order valence-corrected chi connectivity index (χ0v) is 17.8. The van der Waals surface area contributed by atoms with Gasteiger partial charge in [-0.1, -0.05) is 46.3 Å². The molecule has 1 aliphatic heterocycles. The average Bonchev–Trinajstić information content (AvgIpc) is 2.69. The van der Waals surface area contributed by atoms with Crippen molar-refractivity contribution in [3.8, 4) is 5.75 Å². The molecule has 7 heteroatoms. The summed E-state index contributed by atoms with van der Waals surface area (Å²) >= 11 is 3.42. The standard InChI is InChI=1S/C22H27BrN2O4/c23-18-7-5-17(6-8-18)22(28)9-11-25(12-10-22)14-19(26)15-29-20-4-2-1-3-16(20)13-21(24)27/h1-8,19,26,28H,9-15H2,(H2,24,27). The highest BCUT2D eigenvalue weighted by atomic mass is 79.9. The summed E-state index contributed by atoms with van der Waals surface area (Å²) in [6, 6.07) is 15.0. The zero-order valence-electron chi connectivity index (χ0n) is 16.3. The summed E-state index contributed by atoms with van der Waals surface area (Å²) in [5, 5.41) is 21.4. The van der Waals surface area contributed by atoms with E-state index in [1.54, 1.807) is 12.1 Å².